The number of nitrogens with one attached hydrogen (secondary N) is 2. The Morgan fingerprint density at radius 3 is 2.19 bits per heavy atom. The maximum absolute atomic E-state index is 13.9. The highest BCUT2D eigenvalue weighted by Gasteiger charge is 2.24. The van der Waals surface area contributed by atoms with E-state index in [2.05, 4.69) is 10.6 Å². The van der Waals surface area contributed by atoms with Crippen molar-refractivity contribution in [3.8, 4) is 0 Å². The second-order valence-corrected chi connectivity index (χ2v) is 6.10. The Morgan fingerprint density at radius 1 is 0.852 bits per heavy atom. The van der Waals surface area contributed by atoms with Crippen LogP contribution in [0.25, 0.3) is 0 Å². The van der Waals surface area contributed by atoms with E-state index in [0.29, 0.717) is 11.3 Å². The highest BCUT2D eigenvalue weighted by molar-refractivity contribution is 6.02. The summed E-state index contributed by atoms with van der Waals surface area (Å²) >= 11 is 0. The van der Waals surface area contributed by atoms with E-state index < -0.39 is 23.7 Å². The van der Waals surface area contributed by atoms with Crippen LogP contribution >= 0.6 is 0 Å². The number of hydrogen-bond donors (Lipinski definition) is 2. The molecule has 0 aliphatic rings. The van der Waals surface area contributed by atoms with Gasteiger partial charge in [0.2, 0.25) is 0 Å². The highest BCUT2D eigenvalue weighted by atomic mass is 19.1. The Kier molecular flexibility index (Phi) is 5.61. The smallest absolute Gasteiger partial charge is 0.255 e. The van der Waals surface area contributed by atoms with Crippen molar-refractivity contribution >= 4 is 17.5 Å². The Morgan fingerprint density at radius 2 is 1.48 bits per heavy atom. The summed E-state index contributed by atoms with van der Waals surface area (Å²) in [7, 11) is 0. The lowest BCUT2D eigenvalue weighted by molar-refractivity contribution is -0.118. The molecule has 0 saturated carbocycles. The fourth-order valence-electron chi connectivity index (χ4n) is 2.72. The molecule has 3 aromatic rings. The molecule has 0 aliphatic carbocycles. The van der Waals surface area contributed by atoms with Crippen molar-refractivity contribution in [1.29, 1.82) is 0 Å². The van der Waals surface area contributed by atoms with E-state index >= 15 is 0 Å². The molecule has 3 rings (SSSR count). The summed E-state index contributed by atoms with van der Waals surface area (Å²) in [6, 6.07) is 20.9. The molecular weight excluding hydrogens is 343 g/mol. The summed E-state index contributed by atoms with van der Waals surface area (Å²) in [5.74, 6) is -1.69. The van der Waals surface area contributed by atoms with Crippen LogP contribution in [0, 0.1) is 12.7 Å². The van der Waals surface area contributed by atoms with E-state index in [4.69, 9.17) is 0 Å². The number of carbonyl (C=O) groups excluding carboxylic acids is 2. The number of para-hydroxylation sites is 1. The monoisotopic (exact) mass is 362 g/mol. The van der Waals surface area contributed by atoms with Crippen molar-refractivity contribution < 1.29 is 14.0 Å². The number of amides is 2. The molecule has 136 valence electrons. The fraction of sp³-hybridized carbons (Fsp3) is 0.0909. The van der Waals surface area contributed by atoms with E-state index in [0.717, 1.165) is 5.56 Å². The van der Waals surface area contributed by atoms with Crippen molar-refractivity contribution in [2.24, 2.45) is 0 Å². The Hall–Kier alpha value is -3.47. The summed E-state index contributed by atoms with van der Waals surface area (Å²) < 4.78 is 13.9. The molecule has 27 heavy (non-hydrogen) atoms. The quantitative estimate of drug-likeness (QED) is 0.713. The van der Waals surface area contributed by atoms with Gasteiger partial charge in [-0.1, -0.05) is 60.7 Å². The lowest BCUT2D eigenvalue weighted by Crippen LogP contribution is -2.37. The molecule has 0 heterocycles. The molecule has 0 spiro atoms. The summed E-state index contributed by atoms with van der Waals surface area (Å²) in [5.41, 5.74) is 2.05. The van der Waals surface area contributed by atoms with E-state index in [-0.39, 0.29) is 5.56 Å². The number of rotatable bonds is 5. The molecule has 5 heteroatoms. The Labute approximate surface area is 157 Å². The number of halogens is 1. The minimum Gasteiger partial charge on any atom is -0.336 e. The average molecular weight is 362 g/mol. The summed E-state index contributed by atoms with van der Waals surface area (Å²) in [6.07, 6.45) is 0. The van der Waals surface area contributed by atoms with E-state index in [1.165, 1.54) is 18.2 Å². The van der Waals surface area contributed by atoms with Gasteiger partial charge in [0.1, 0.15) is 11.9 Å². The van der Waals surface area contributed by atoms with Gasteiger partial charge >= 0.3 is 0 Å². The first-order valence-corrected chi connectivity index (χ1v) is 8.53. The van der Waals surface area contributed by atoms with Crippen molar-refractivity contribution in [3.05, 3.63) is 101 Å². The molecule has 4 nitrogen and oxygen atoms in total. The number of benzene rings is 3. The summed E-state index contributed by atoms with van der Waals surface area (Å²) in [4.78, 5) is 25.4. The summed E-state index contributed by atoms with van der Waals surface area (Å²) in [6.45, 7) is 1.88. The number of carbonyl (C=O) groups is 2. The lowest BCUT2D eigenvalue weighted by atomic mass is 10.0. The zero-order valence-corrected chi connectivity index (χ0v) is 14.8. The van der Waals surface area contributed by atoms with Gasteiger partial charge in [-0.25, -0.2) is 4.39 Å². The zero-order chi connectivity index (χ0) is 19.2. The molecule has 0 saturated heterocycles. The zero-order valence-electron chi connectivity index (χ0n) is 14.8. The molecular formula is C22H19FN2O2. The minimum absolute atomic E-state index is 0.109. The van der Waals surface area contributed by atoms with Crippen LogP contribution in [-0.2, 0) is 4.79 Å². The standard InChI is InChI=1S/C22H19FN2O2/c1-15-9-5-8-14-19(15)24-22(27)20(16-10-3-2-4-11-16)25-21(26)17-12-6-7-13-18(17)23/h2-14,20H,1H3,(H,24,27)(H,25,26). The number of anilines is 1. The van der Waals surface area contributed by atoms with Crippen molar-refractivity contribution in [2.45, 2.75) is 13.0 Å². The highest BCUT2D eigenvalue weighted by Crippen LogP contribution is 2.19. The van der Waals surface area contributed by atoms with Crippen molar-refractivity contribution in [1.82, 2.24) is 5.32 Å². The lowest BCUT2D eigenvalue weighted by Gasteiger charge is -2.20. The maximum Gasteiger partial charge on any atom is 0.255 e. The number of hydrogen-bond acceptors (Lipinski definition) is 2. The van der Waals surface area contributed by atoms with Gasteiger partial charge in [-0.15, -0.1) is 0 Å². The SMILES string of the molecule is Cc1ccccc1NC(=O)C(NC(=O)c1ccccc1F)c1ccccc1. The first kappa shape index (κ1) is 18.3. The van der Waals surface area contributed by atoms with Gasteiger partial charge < -0.3 is 10.6 Å². The average Bonchev–Trinajstić information content (AvgIpc) is 2.68. The molecule has 3 aromatic carbocycles. The predicted molar refractivity (Wildman–Crippen MR) is 103 cm³/mol. The molecule has 0 aromatic heterocycles. The van der Waals surface area contributed by atoms with Crippen molar-refractivity contribution in [3.63, 3.8) is 0 Å². The molecule has 0 fully saturated rings. The van der Waals surface area contributed by atoms with Crippen LogP contribution in [-0.4, -0.2) is 11.8 Å². The topological polar surface area (TPSA) is 58.2 Å². The van der Waals surface area contributed by atoms with Gasteiger partial charge in [0, 0.05) is 5.69 Å². The van der Waals surface area contributed by atoms with Gasteiger partial charge in [-0.2, -0.15) is 0 Å². The Bertz CT molecular complexity index is 957. The third kappa shape index (κ3) is 4.39. The first-order valence-electron chi connectivity index (χ1n) is 8.53. The maximum atomic E-state index is 13.9. The predicted octanol–water partition coefficient (Wildman–Crippen LogP) is 4.24. The van der Waals surface area contributed by atoms with Crippen LogP contribution in [0.4, 0.5) is 10.1 Å². The molecule has 2 N–H and O–H groups in total. The molecule has 2 amide bonds. The minimum atomic E-state index is -0.960. The van der Waals surface area contributed by atoms with E-state index in [9.17, 15) is 14.0 Å². The molecule has 1 atom stereocenters. The van der Waals surface area contributed by atoms with Gasteiger partial charge in [0.05, 0.1) is 5.56 Å². The van der Waals surface area contributed by atoms with Crippen LogP contribution in [0.15, 0.2) is 78.9 Å². The van der Waals surface area contributed by atoms with Crippen LogP contribution in [0.5, 0.6) is 0 Å². The second kappa shape index (κ2) is 8.27. The third-order valence-corrected chi connectivity index (χ3v) is 4.19. The van der Waals surface area contributed by atoms with Gasteiger partial charge in [-0.05, 0) is 36.2 Å². The van der Waals surface area contributed by atoms with Crippen molar-refractivity contribution in [2.75, 3.05) is 5.32 Å². The second-order valence-electron chi connectivity index (χ2n) is 6.10. The first-order chi connectivity index (χ1) is 13.1. The largest absolute Gasteiger partial charge is 0.336 e. The van der Waals surface area contributed by atoms with Crippen LogP contribution in [0.2, 0.25) is 0 Å². The van der Waals surface area contributed by atoms with E-state index in [1.807, 2.05) is 31.2 Å². The fourth-order valence-corrected chi connectivity index (χ4v) is 2.72. The van der Waals surface area contributed by atoms with Gasteiger partial charge in [0.25, 0.3) is 11.8 Å². The molecule has 0 bridgehead atoms. The summed E-state index contributed by atoms with van der Waals surface area (Å²) in [5, 5.41) is 5.47. The molecule has 0 radical (unpaired) electrons. The molecule has 1 unspecified atom stereocenters. The Balaban J connectivity index is 1.88. The normalized spacial score (nSPS) is 11.5. The van der Waals surface area contributed by atoms with Crippen LogP contribution in [0.3, 0.4) is 0 Å². The third-order valence-electron chi connectivity index (χ3n) is 4.19. The van der Waals surface area contributed by atoms with Crippen LogP contribution < -0.4 is 10.6 Å². The van der Waals surface area contributed by atoms with Crippen LogP contribution in [0.1, 0.15) is 27.5 Å². The molecule has 0 aliphatic heterocycles. The van der Waals surface area contributed by atoms with Gasteiger partial charge in [-0.3, -0.25) is 9.59 Å². The number of aryl methyl sites for hydroxylation is 1. The van der Waals surface area contributed by atoms with E-state index in [1.54, 1.807) is 36.4 Å². The van der Waals surface area contributed by atoms with Gasteiger partial charge in [0.15, 0.2) is 0 Å².